The minimum Gasteiger partial charge on any atom is -0.481 e. The fraction of sp³-hybridized carbons (Fsp3) is 0.211. The zero-order valence-corrected chi connectivity index (χ0v) is 14.6. The van der Waals surface area contributed by atoms with Crippen LogP contribution in [-0.2, 0) is 11.2 Å². The van der Waals surface area contributed by atoms with Crippen molar-refractivity contribution in [2.75, 3.05) is 0 Å². The monoisotopic (exact) mass is 356 g/mol. The zero-order valence-electron chi connectivity index (χ0n) is 13.8. The van der Waals surface area contributed by atoms with Gasteiger partial charge in [-0.2, -0.15) is 0 Å². The molecule has 0 aliphatic rings. The number of benzene rings is 1. The summed E-state index contributed by atoms with van der Waals surface area (Å²) in [7, 11) is 0. The van der Waals surface area contributed by atoms with Gasteiger partial charge in [0.15, 0.2) is 0 Å². The van der Waals surface area contributed by atoms with Gasteiger partial charge in [0.1, 0.15) is 5.69 Å². The largest absolute Gasteiger partial charge is 0.481 e. The molecule has 0 saturated carbocycles. The molecule has 5 nitrogen and oxygen atoms in total. The number of hydrogen-bond donors (Lipinski definition) is 2. The first-order valence-electron chi connectivity index (χ1n) is 7.89. The minimum absolute atomic E-state index is 0.244. The van der Waals surface area contributed by atoms with Crippen LogP contribution in [0.25, 0.3) is 10.9 Å². The normalized spacial score (nSPS) is 11.2. The van der Waals surface area contributed by atoms with Crippen molar-refractivity contribution in [1.82, 2.24) is 9.97 Å². The summed E-state index contributed by atoms with van der Waals surface area (Å²) in [6, 6.07) is 8.70. The lowest BCUT2D eigenvalue weighted by Gasteiger charge is -2.07. The second-order valence-electron chi connectivity index (χ2n) is 6.20. The number of nitrogens with one attached hydrogen (secondary N) is 1. The maximum atomic E-state index is 13.0. The molecule has 0 radical (unpaired) electrons. The van der Waals surface area contributed by atoms with Gasteiger partial charge in [0.2, 0.25) is 5.78 Å². The minimum atomic E-state index is -1.01. The van der Waals surface area contributed by atoms with Crippen LogP contribution in [0.5, 0.6) is 0 Å². The van der Waals surface area contributed by atoms with E-state index in [-0.39, 0.29) is 29.5 Å². The number of ketones is 1. The lowest BCUT2D eigenvalue weighted by Crippen LogP contribution is -2.10. The van der Waals surface area contributed by atoms with E-state index in [1.54, 1.807) is 30.5 Å². The van der Waals surface area contributed by atoms with E-state index >= 15 is 0 Å². The molecule has 3 rings (SSSR count). The number of H-pyrrole nitrogens is 1. The van der Waals surface area contributed by atoms with Gasteiger partial charge in [-0.3, -0.25) is 14.6 Å². The van der Waals surface area contributed by atoms with Gasteiger partial charge in [-0.15, -0.1) is 0 Å². The molecule has 0 aliphatic carbocycles. The van der Waals surface area contributed by atoms with Crippen LogP contribution in [0.15, 0.2) is 36.5 Å². The molecule has 2 N–H and O–H groups in total. The maximum Gasteiger partial charge on any atom is 0.307 e. The molecule has 0 amide bonds. The quantitative estimate of drug-likeness (QED) is 0.671. The van der Waals surface area contributed by atoms with Crippen molar-refractivity contribution >= 4 is 34.3 Å². The van der Waals surface area contributed by atoms with Crippen LogP contribution < -0.4 is 0 Å². The third kappa shape index (κ3) is 3.42. The van der Waals surface area contributed by atoms with Crippen LogP contribution in [0, 0.1) is 0 Å². The molecule has 0 bridgehead atoms. The summed E-state index contributed by atoms with van der Waals surface area (Å²) in [5.41, 5.74) is 2.62. The molecule has 2 aromatic heterocycles. The topological polar surface area (TPSA) is 83.0 Å². The average Bonchev–Trinajstić information content (AvgIpc) is 2.91. The number of carboxylic acids is 1. The van der Waals surface area contributed by atoms with Crippen LogP contribution in [-0.4, -0.2) is 26.8 Å². The van der Waals surface area contributed by atoms with Gasteiger partial charge in [0, 0.05) is 27.7 Å². The lowest BCUT2D eigenvalue weighted by atomic mass is 10.00. The zero-order chi connectivity index (χ0) is 18.1. The summed E-state index contributed by atoms with van der Waals surface area (Å²) in [4.78, 5) is 31.4. The van der Waals surface area contributed by atoms with Crippen molar-refractivity contribution in [2.24, 2.45) is 0 Å². The molecule has 0 fully saturated rings. The molecule has 0 atom stereocenters. The van der Waals surface area contributed by atoms with E-state index in [4.69, 9.17) is 11.6 Å². The first kappa shape index (κ1) is 17.2. The molecule has 6 heteroatoms. The summed E-state index contributed by atoms with van der Waals surface area (Å²) in [5, 5.41) is 10.4. The molecule has 3 aromatic rings. The summed E-state index contributed by atoms with van der Waals surface area (Å²) < 4.78 is 0. The van der Waals surface area contributed by atoms with E-state index in [0.29, 0.717) is 21.5 Å². The molecule has 0 spiro atoms. The van der Waals surface area contributed by atoms with Crippen molar-refractivity contribution in [3.05, 3.63) is 64.1 Å². The first-order chi connectivity index (χ1) is 11.9. The van der Waals surface area contributed by atoms with Crippen molar-refractivity contribution in [3.63, 3.8) is 0 Å². The molecular formula is C19H17ClN2O3. The van der Waals surface area contributed by atoms with Gasteiger partial charge in [-0.1, -0.05) is 25.4 Å². The van der Waals surface area contributed by atoms with E-state index in [2.05, 4.69) is 9.97 Å². The molecule has 1 aromatic carbocycles. The highest BCUT2D eigenvalue weighted by atomic mass is 35.5. The van der Waals surface area contributed by atoms with Gasteiger partial charge in [-0.05, 0) is 41.8 Å². The van der Waals surface area contributed by atoms with E-state index in [1.165, 1.54) is 0 Å². The van der Waals surface area contributed by atoms with Gasteiger partial charge in [0.25, 0.3) is 0 Å². The van der Waals surface area contributed by atoms with Crippen molar-refractivity contribution < 1.29 is 14.7 Å². The van der Waals surface area contributed by atoms with Crippen LogP contribution in [0.4, 0.5) is 0 Å². The van der Waals surface area contributed by atoms with Crippen molar-refractivity contribution in [2.45, 2.75) is 26.2 Å². The predicted molar refractivity (Wildman–Crippen MR) is 96.4 cm³/mol. The lowest BCUT2D eigenvalue weighted by molar-refractivity contribution is -0.136. The van der Waals surface area contributed by atoms with Crippen LogP contribution >= 0.6 is 11.6 Å². The number of aromatic amines is 1. The third-order valence-corrected chi connectivity index (χ3v) is 4.34. The fourth-order valence-electron chi connectivity index (χ4n) is 2.81. The van der Waals surface area contributed by atoms with Gasteiger partial charge >= 0.3 is 5.97 Å². The van der Waals surface area contributed by atoms with Crippen molar-refractivity contribution in [1.29, 1.82) is 0 Å². The number of pyridine rings is 1. The number of nitrogens with zero attached hydrogens (tertiary/aromatic N) is 1. The Hall–Kier alpha value is -2.66. The Balaban J connectivity index is 2.15. The Morgan fingerprint density at radius 2 is 2.00 bits per heavy atom. The number of carbonyl (C=O) groups is 2. The summed E-state index contributed by atoms with van der Waals surface area (Å²) in [6.07, 6.45) is 1.32. The Morgan fingerprint density at radius 1 is 1.24 bits per heavy atom. The van der Waals surface area contributed by atoms with Gasteiger partial charge < -0.3 is 10.1 Å². The molecule has 0 saturated heterocycles. The van der Waals surface area contributed by atoms with Crippen LogP contribution in [0.2, 0.25) is 5.02 Å². The van der Waals surface area contributed by atoms with E-state index < -0.39 is 5.97 Å². The first-order valence-corrected chi connectivity index (χ1v) is 8.27. The standard InChI is InChI=1S/C19H17ClN2O3/c1-10(2)11-5-6-21-16(7-11)19(25)18-14(9-17(23)24)13-8-12(20)3-4-15(13)22-18/h3-8,10,22H,9H2,1-2H3,(H,23,24). The summed E-state index contributed by atoms with van der Waals surface area (Å²) in [6.45, 7) is 4.06. The highest BCUT2D eigenvalue weighted by Crippen LogP contribution is 2.28. The van der Waals surface area contributed by atoms with Gasteiger partial charge in [0.05, 0.1) is 12.1 Å². The van der Waals surface area contributed by atoms with Gasteiger partial charge in [-0.25, -0.2) is 0 Å². The van der Waals surface area contributed by atoms with Crippen molar-refractivity contribution in [3.8, 4) is 0 Å². The highest BCUT2D eigenvalue weighted by Gasteiger charge is 2.22. The van der Waals surface area contributed by atoms with Crippen LogP contribution in [0.3, 0.4) is 0 Å². The number of aliphatic carboxylic acids is 1. The molecule has 0 unspecified atom stereocenters. The Bertz CT molecular complexity index is 976. The average molecular weight is 357 g/mol. The second kappa shape index (κ2) is 6.69. The Morgan fingerprint density at radius 3 is 2.68 bits per heavy atom. The number of hydrogen-bond acceptors (Lipinski definition) is 3. The Labute approximate surface area is 149 Å². The molecule has 2 heterocycles. The number of carbonyl (C=O) groups excluding carboxylic acids is 1. The number of carboxylic acid groups (broad SMARTS) is 1. The Kier molecular flexibility index (Phi) is 4.59. The molecule has 128 valence electrons. The maximum absolute atomic E-state index is 13.0. The van der Waals surface area contributed by atoms with E-state index in [0.717, 1.165) is 5.56 Å². The number of rotatable bonds is 5. The molecular weight excluding hydrogens is 340 g/mol. The van der Waals surface area contributed by atoms with E-state index in [9.17, 15) is 14.7 Å². The summed E-state index contributed by atoms with van der Waals surface area (Å²) >= 11 is 6.03. The molecule has 25 heavy (non-hydrogen) atoms. The third-order valence-electron chi connectivity index (χ3n) is 4.11. The molecule has 0 aliphatic heterocycles. The number of fused-ring (bicyclic) bond motifs is 1. The fourth-order valence-corrected chi connectivity index (χ4v) is 2.98. The number of halogens is 1. The highest BCUT2D eigenvalue weighted by molar-refractivity contribution is 6.31. The smallest absolute Gasteiger partial charge is 0.307 e. The predicted octanol–water partition coefficient (Wildman–Crippen LogP) is 4.20. The number of aromatic nitrogens is 2. The van der Waals surface area contributed by atoms with Crippen LogP contribution in [0.1, 0.15) is 47.1 Å². The summed E-state index contributed by atoms with van der Waals surface area (Å²) in [5.74, 6) is -1.08. The SMILES string of the molecule is CC(C)c1ccnc(C(=O)c2[nH]c3ccc(Cl)cc3c2CC(=O)O)c1. The second-order valence-corrected chi connectivity index (χ2v) is 6.63. The van der Waals surface area contributed by atoms with E-state index in [1.807, 2.05) is 19.9 Å².